The van der Waals surface area contributed by atoms with Crippen LogP contribution in [-0.4, -0.2) is 73.4 Å². The number of carbonyl (C=O) groups excluding carboxylic acids is 1. The van der Waals surface area contributed by atoms with Gasteiger partial charge in [0.25, 0.3) is 0 Å². The molecular weight excluding hydrogens is 852 g/mol. The molecule has 0 rings (SSSR count). The molecule has 9 heteroatoms. The van der Waals surface area contributed by atoms with E-state index in [4.69, 9.17) is 9.05 Å². The molecule has 0 spiro atoms. The van der Waals surface area contributed by atoms with E-state index >= 15 is 0 Å². The van der Waals surface area contributed by atoms with Crippen LogP contribution < -0.4 is 5.32 Å². The summed E-state index contributed by atoms with van der Waals surface area (Å²) in [5.74, 6) is -0.173. The number of amides is 1. The molecule has 0 aromatic rings. The molecule has 0 aliphatic heterocycles. The second-order valence-electron chi connectivity index (χ2n) is 21.4. The normalized spacial score (nSPS) is 14.1. The van der Waals surface area contributed by atoms with Crippen molar-refractivity contribution in [3.8, 4) is 0 Å². The third kappa shape index (κ3) is 52.6. The summed E-state index contributed by atoms with van der Waals surface area (Å²) in [6, 6.07) is -0.845. The largest absolute Gasteiger partial charge is 0.472 e. The van der Waals surface area contributed by atoms with Crippen molar-refractivity contribution in [1.29, 1.82) is 0 Å². The molecule has 3 N–H and O–H groups in total. The van der Waals surface area contributed by atoms with E-state index in [1.165, 1.54) is 231 Å². The van der Waals surface area contributed by atoms with Gasteiger partial charge in [0.15, 0.2) is 0 Å². The molecule has 0 radical (unpaired) electrons. The molecule has 3 atom stereocenters. The van der Waals surface area contributed by atoms with Crippen LogP contribution >= 0.6 is 7.82 Å². The first kappa shape index (κ1) is 66.0. The van der Waals surface area contributed by atoms with E-state index in [1.807, 2.05) is 27.2 Å². The highest BCUT2D eigenvalue weighted by atomic mass is 31.2. The van der Waals surface area contributed by atoms with Gasteiger partial charge in [0.1, 0.15) is 13.2 Å². The first-order valence-electron chi connectivity index (χ1n) is 29.2. The van der Waals surface area contributed by atoms with Gasteiger partial charge in [-0.15, -0.1) is 0 Å². The minimum atomic E-state index is -4.34. The lowest BCUT2D eigenvalue weighted by atomic mass is 10.0. The van der Waals surface area contributed by atoms with Crippen molar-refractivity contribution in [2.75, 3.05) is 40.9 Å². The van der Waals surface area contributed by atoms with Gasteiger partial charge in [0, 0.05) is 6.42 Å². The smallest absolute Gasteiger partial charge is 0.387 e. The zero-order valence-corrected chi connectivity index (χ0v) is 46.3. The van der Waals surface area contributed by atoms with Gasteiger partial charge in [-0.05, 0) is 44.9 Å². The maximum absolute atomic E-state index is 13.0. The van der Waals surface area contributed by atoms with Crippen LogP contribution in [-0.2, 0) is 18.4 Å². The number of likely N-dealkylation sites (N-methyl/N-ethyl adjacent to an activating group) is 1. The molecule has 3 unspecified atom stereocenters. The van der Waals surface area contributed by atoms with Crippen molar-refractivity contribution in [3.63, 3.8) is 0 Å². The Kier molecular flexibility index (Phi) is 49.2. The Morgan fingerprint density at radius 1 is 0.493 bits per heavy atom. The van der Waals surface area contributed by atoms with Gasteiger partial charge in [0.05, 0.1) is 39.9 Å². The number of rotatable bonds is 54. The number of unbranched alkanes of at least 4 members (excludes halogenated alkanes) is 39. The topological polar surface area (TPSA) is 105 Å². The third-order valence-corrected chi connectivity index (χ3v) is 14.4. The molecule has 8 nitrogen and oxygen atoms in total. The van der Waals surface area contributed by atoms with Crippen molar-refractivity contribution < 1.29 is 32.9 Å². The van der Waals surface area contributed by atoms with Gasteiger partial charge < -0.3 is 19.8 Å². The maximum atomic E-state index is 13.0. The van der Waals surface area contributed by atoms with Crippen LogP contribution in [0.25, 0.3) is 0 Å². The summed E-state index contributed by atoms with van der Waals surface area (Å²) in [5.41, 5.74) is 0. The molecule has 1 amide bonds. The van der Waals surface area contributed by atoms with Gasteiger partial charge in [0.2, 0.25) is 5.91 Å². The molecule has 0 bridgehead atoms. The predicted molar refractivity (Wildman–Crippen MR) is 291 cm³/mol. The number of hydrogen-bond donors (Lipinski definition) is 3. The van der Waals surface area contributed by atoms with Gasteiger partial charge in [-0.2, -0.15) is 0 Å². The predicted octanol–water partition coefficient (Wildman–Crippen LogP) is 17.6. The number of aliphatic hydroxyl groups excluding tert-OH is 1. The number of nitrogens with zero attached hydrogens (tertiary/aromatic N) is 1. The average molecular weight is 969 g/mol. The van der Waals surface area contributed by atoms with E-state index < -0.39 is 20.0 Å². The summed E-state index contributed by atoms with van der Waals surface area (Å²) in [4.78, 5) is 23.3. The van der Waals surface area contributed by atoms with Crippen LogP contribution in [0.3, 0.4) is 0 Å². The van der Waals surface area contributed by atoms with E-state index in [-0.39, 0.29) is 19.1 Å². The second kappa shape index (κ2) is 49.9. The summed E-state index contributed by atoms with van der Waals surface area (Å²) >= 11 is 0. The molecule has 0 fully saturated rings. The fourth-order valence-electron chi connectivity index (χ4n) is 8.80. The number of carbonyl (C=O) groups is 1. The molecule has 0 saturated heterocycles. The molecule has 0 heterocycles. The van der Waals surface area contributed by atoms with Crippen LogP contribution in [0.4, 0.5) is 0 Å². The van der Waals surface area contributed by atoms with E-state index in [0.717, 1.165) is 38.5 Å². The lowest BCUT2D eigenvalue weighted by Crippen LogP contribution is -2.45. The molecule has 67 heavy (non-hydrogen) atoms. The Morgan fingerprint density at radius 2 is 0.806 bits per heavy atom. The highest BCUT2D eigenvalue weighted by Crippen LogP contribution is 2.43. The van der Waals surface area contributed by atoms with Crippen molar-refractivity contribution >= 4 is 13.7 Å². The van der Waals surface area contributed by atoms with Crippen molar-refractivity contribution in [2.45, 2.75) is 302 Å². The van der Waals surface area contributed by atoms with Crippen LogP contribution in [0.1, 0.15) is 290 Å². The van der Waals surface area contributed by atoms with Crippen LogP contribution in [0.15, 0.2) is 24.3 Å². The zero-order valence-electron chi connectivity index (χ0n) is 45.4. The number of phosphoric ester groups is 1. The fraction of sp³-hybridized carbons (Fsp3) is 0.914. The third-order valence-electron chi connectivity index (χ3n) is 13.4. The van der Waals surface area contributed by atoms with E-state index in [9.17, 15) is 19.4 Å². The van der Waals surface area contributed by atoms with E-state index in [1.54, 1.807) is 6.08 Å². The molecule has 0 aromatic carbocycles. The number of phosphoric acid groups is 1. The van der Waals surface area contributed by atoms with Crippen LogP contribution in [0.2, 0.25) is 0 Å². The molecule has 398 valence electrons. The summed E-state index contributed by atoms with van der Waals surface area (Å²) in [5, 5.41) is 13.9. The minimum Gasteiger partial charge on any atom is -0.387 e. The maximum Gasteiger partial charge on any atom is 0.472 e. The Balaban J connectivity index is 4.15. The summed E-state index contributed by atoms with van der Waals surface area (Å²) in [6.45, 7) is 4.86. The quantitative estimate of drug-likeness (QED) is 0.0243. The lowest BCUT2D eigenvalue weighted by Gasteiger charge is -2.25. The van der Waals surface area contributed by atoms with Gasteiger partial charge >= 0.3 is 7.82 Å². The Hall–Kier alpha value is -1.02. The fourth-order valence-corrected chi connectivity index (χ4v) is 9.54. The zero-order chi connectivity index (χ0) is 49.2. The standard InChI is InChI=1S/C58H115N2O6P/c1-6-8-10-12-14-16-18-20-22-24-26-27-28-29-30-31-32-33-34-36-38-40-42-44-46-48-50-52-58(62)59-56(55-66-67(63,64)65-54-53-60(3,4)5)57(61)51-49-47-45-43-41-39-37-35-25-23-21-19-17-15-13-11-9-7-2/h29-30,49,51,56-57,61H,6-28,31-48,50,52-55H2,1-5H3,(H-,59,62,63,64)/p+1/b30-29-,51-49+. The second-order valence-corrected chi connectivity index (χ2v) is 22.8. The number of allylic oxidation sites excluding steroid dienone is 3. The monoisotopic (exact) mass is 968 g/mol. The number of quaternary nitrogens is 1. The molecule has 0 saturated carbocycles. The van der Waals surface area contributed by atoms with Gasteiger partial charge in [-0.1, -0.05) is 263 Å². The minimum absolute atomic E-state index is 0.0632. The van der Waals surface area contributed by atoms with E-state index in [2.05, 4.69) is 31.3 Å². The number of aliphatic hydroxyl groups is 1. The summed E-state index contributed by atoms with van der Waals surface area (Å²) in [6.07, 6.45) is 62.8. The first-order chi connectivity index (χ1) is 32.5. The molecular formula is C58H116N2O6P+. The molecule has 0 aliphatic carbocycles. The van der Waals surface area contributed by atoms with Crippen molar-refractivity contribution in [3.05, 3.63) is 24.3 Å². The summed E-state index contributed by atoms with van der Waals surface area (Å²) in [7, 11) is 1.58. The van der Waals surface area contributed by atoms with Crippen LogP contribution in [0.5, 0.6) is 0 Å². The SMILES string of the molecule is CCCCCCCCCCCCCC/C=C\CCCCCCCCCCCCCC(=O)NC(COP(=O)(O)OCC[N+](C)(C)C)C(O)/C=C/CCCCCCCCCCCCCCCCCC. The lowest BCUT2D eigenvalue weighted by molar-refractivity contribution is -0.870. The Labute approximate surface area is 417 Å². The first-order valence-corrected chi connectivity index (χ1v) is 30.7. The van der Waals surface area contributed by atoms with Gasteiger partial charge in [-0.25, -0.2) is 4.57 Å². The average Bonchev–Trinajstić information content (AvgIpc) is 3.29. The Morgan fingerprint density at radius 3 is 1.15 bits per heavy atom. The highest BCUT2D eigenvalue weighted by Gasteiger charge is 2.27. The van der Waals surface area contributed by atoms with Crippen molar-refractivity contribution in [1.82, 2.24) is 5.32 Å². The van der Waals surface area contributed by atoms with E-state index in [0.29, 0.717) is 17.4 Å². The van der Waals surface area contributed by atoms with Gasteiger partial charge in [-0.3, -0.25) is 13.8 Å². The number of nitrogens with one attached hydrogen (secondary N) is 1. The highest BCUT2D eigenvalue weighted by molar-refractivity contribution is 7.47. The number of hydrogen-bond acceptors (Lipinski definition) is 5. The van der Waals surface area contributed by atoms with Crippen LogP contribution in [0, 0.1) is 0 Å². The molecule has 0 aromatic heterocycles. The Bertz CT molecular complexity index is 1140. The molecule has 0 aliphatic rings. The van der Waals surface area contributed by atoms with Crippen molar-refractivity contribution in [2.24, 2.45) is 0 Å². The summed E-state index contributed by atoms with van der Waals surface area (Å²) < 4.78 is 23.7.